The van der Waals surface area contributed by atoms with Gasteiger partial charge in [0, 0.05) is 31.8 Å². The molecule has 2 amide bonds. The van der Waals surface area contributed by atoms with Gasteiger partial charge in [-0.05, 0) is 73.0 Å². The topological polar surface area (TPSA) is 42.3 Å². The smallest absolute Gasteiger partial charge is 0.293 e. The summed E-state index contributed by atoms with van der Waals surface area (Å²) in [4.78, 5) is 27.0. The van der Waals surface area contributed by atoms with Crippen molar-refractivity contribution < 1.29 is 14.0 Å². The minimum absolute atomic E-state index is 0.123. The molecule has 0 unspecified atom stereocenters. The molecule has 0 atom stereocenters. The number of thioether (sulfide) groups is 1. The average Bonchev–Trinajstić information content (AvgIpc) is 3.25. The highest BCUT2D eigenvalue weighted by Crippen LogP contribution is 2.37. The zero-order chi connectivity index (χ0) is 24.9. The fourth-order valence-corrected chi connectivity index (χ4v) is 5.89. The van der Waals surface area contributed by atoms with Crippen LogP contribution in [0.5, 0.6) is 0 Å². The summed E-state index contributed by atoms with van der Waals surface area (Å²) < 4.78 is 17.4. The summed E-state index contributed by atoms with van der Waals surface area (Å²) in [6, 6.07) is 18.5. The maximum Gasteiger partial charge on any atom is 0.293 e. The van der Waals surface area contributed by atoms with E-state index in [2.05, 4.69) is 38.7 Å². The van der Waals surface area contributed by atoms with Gasteiger partial charge in [-0.2, -0.15) is 0 Å². The standard InChI is InChI=1S/C27H19BrClFN2O2S/c1-15-12-17(16(2)32(15)24-11-10-21(28)18-6-3-4-7-19(18)24)13-25-26(33)31(27(34)35-25)14-20-22(29)8-5-9-23(20)30/h3-13H,14H2,1-2H3/b25-13-. The molecule has 35 heavy (non-hydrogen) atoms. The van der Waals surface area contributed by atoms with Crippen molar-refractivity contribution in [2.24, 2.45) is 0 Å². The van der Waals surface area contributed by atoms with Gasteiger partial charge in [0.15, 0.2) is 0 Å². The summed E-state index contributed by atoms with van der Waals surface area (Å²) in [7, 11) is 0. The lowest BCUT2D eigenvalue weighted by Crippen LogP contribution is -2.28. The molecule has 3 aromatic carbocycles. The third kappa shape index (κ3) is 4.22. The number of aryl methyl sites for hydroxylation is 1. The highest BCUT2D eigenvalue weighted by Gasteiger charge is 2.36. The van der Waals surface area contributed by atoms with E-state index in [0.29, 0.717) is 4.91 Å². The van der Waals surface area contributed by atoms with Crippen LogP contribution >= 0.6 is 39.3 Å². The molecule has 0 N–H and O–H groups in total. The lowest BCUT2D eigenvalue weighted by atomic mass is 10.1. The van der Waals surface area contributed by atoms with Crippen LogP contribution in [-0.2, 0) is 11.3 Å². The van der Waals surface area contributed by atoms with Crippen molar-refractivity contribution in [3.8, 4) is 5.69 Å². The molecule has 4 nitrogen and oxygen atoms in total. The van der Waals surface area contributed by atoms with Gasteiger partial charge in [0.25, 0.3) is 11.1 Å². The number of rotatable bonds is 4. The first-order chi connectivity index (χ1) is 16.8. The van der Waals surface area contributed by atoms with Crippen LogP contribution in [0, 0.1) is 19.7 Å². The summed E-state index contributed by atoms with van der Waals surface area (Å²) in [5.74, 6) is -1.01. The molecule has 1 aliphatic rings. The molecule has 0 radical (unpaired) electrons. The number of benzene rings is 3. The Kier molecular flexibility index (Phi) is 6.34. The van der Waals surface area contributed by atoms with Crippen LogP contribution in [0.3, 0.4) is 0 Å². The van der Waals surface area contributed by atoms with Crippen molar-refractivity contribution in [3.05, 3.63) is 103 Å². The minimum atomic E-state index is -0.550. The van der Waals surface area contributed by atoms with E-state index in [1.807, 2.05) is 38.1 Å². The van der Waals surface area contributed by atoms with Crippen molar-refractivity contribution in [3.63, 3.8) is 0 Å². The Morgan fingerprint density at radius 3 is 2.51 bits per heavy atom. The largest absolute Gasteiger partial charge is 0.317 e. The lowest BCUT2D eigenvalue weighted by molar-refractivity contribution is -0.123. The Morgan fingerprint density at radius 2 is 1.77 bits per heavy atom. The number of halogens is 3. The van der Waals surface area contributed by atoms with Crippen molar-refractivity contribution in [2.45, 2.75) is 20.4 Å². The predicted octanol–water partition coefficient (Wildman–Crippen LogP) is 8.04. The van der Waals surface area contributed by atoms with E-state index in [9.17, 15) is 14.0 Å². The van der Waals surface area contributed by atoms with Crippen molar-refractivity contribution in [1.82, 2.24) is 9.47 Å². The van der Waals surface area contributed by atoms with Crippen LogP contribution in [0.1, 0.15) is 22.5 Å². The number of carbonyl (C=O) groups excluding carboxylic acids is 2. The van der Waals surface area contributed by atoms with Gasteiger partial charge in [0.1, 0.15) is 5.82 Å². The fourth-order valence-electron chi connectivity index (χ4n) is 4.36. The number of fused-ring (bicyclic) bond motifs is 1. The Bertz CT molecular complexity index is 1540. The minimum Gasteiger partial charge on any atom is -0.317 e. The van der Waals surface area contributed by atoms with E-state index < -0.39 is 17.0 Å². The second-order valence-corrected chi connectivity index (χ2v) is 10.5. The Hall–Kier alpha value is -2.87. The quantitative estimate of drug-likeness (QED) is 0.234. The summed E-state index contributed by atoms with van der Waals surface area (Å²) in [5, 5.41) is 1.93. The molecule has 1 fully saturated rings. The first kappa shape index (κ1) is 23.9. The second kappa shape index (κ2) is 9.30. The molecule has 1 aromatic heterocycles. The summed E-state index contributed by atoms with van der Waals surface area (Å²) in [6.45, 7) is 3.78. The van der Waals surface area contributed by atoms with Gasteiger partial charge in [0.05, 0.1) is 17.1 Å². The molecular weight excluding hydrogens is 551 g/mol. The number of hydrogen-bond acceptors (Lipinski definition) is 3. The van der Waals surface area contributed by atoms with Gasteiger partial charge in [-0.3, -0.25) is 14.5 Å². The Morgan fingerprint density at radius 1 is 1.03 bits per heavy atom. The van der Waals surface area contributed by atoms with Gasteiger partial charge >= 0.3 is 0 Å². The molecule has 4 aromatic rings. The zero-order valence-electron chi connectivity index (χ0n) is 18.8. The van der Waals surface area contributed by atoms with Gasteiger partial charge in [-0.15, -0.1) is 0 Å². The third-order valence-electron chi connectivity index (χ3n) is 6.10. The van der Waals surface area contributed by atoms with Crippen LogP contribution < -0.4 is 0 Å². The molecule has 8 heteroatoms. The van der Waals surface area contributed by atoms with E-state index in [-0.39, 0.29) is 17.1 Å². The van der Waals surface area contributed by atoms with Crippen LogP contribution in [0.2, 0.25) is 5.02 Å². The van der Waals surface area contributed by atoms with E-state index in [0.717, 1.165) is 54.5 Å². The van der Waals surface area contributed by atoms with Crippen molar-refractivity contribution in [1.29, 1.82) is 0 Å². The SMILES string of the molecule is Cc1cc(/C=C2\SC(=O)N(Cc3c(F)cccc3Cl)C2=O)c(C)n1-c1ccc(Br)c2ccccc12. The molecule has 0 bridgehead atoms. The molecule has 176 valence electrons. The molecule has 1 saturated heterocycles. The normalized spacial score (nSPS) is 15.1. The molecule has 1 aliphatic heterocycles. The van der Waals surface area contributed by atoms with Gasteiger partial charge in [-0.25, -0.2) is 4.39 Å². The first-order valence-corrected chi connectivity index (χ1v) is 12.8. The second-order valence-electron chi connectivity index (χ2n) is 8.24. The maximum atomic E-state index is 14.2. The fraction of sp³-hybridized carbons (Fsp3) is 0.111. The number of aromatic nitrogens is 1. The van der Waals surface area contributed by atoms with Gasteiger partial charge in [0.2, 0.25) is 0 Å². The molecule has 5 rings (SSSR count). The molecule has 0 saturated carbocycles. The monoisotopic (exact) mass is 568 g/mol. The van der Waals surface area contributed by atoms with Crippen LogP contribution in [0.15, 0.2) is 70.0 Å². The van der Waals surface area contributed by atoms with E-state index in [1.54, 1.807) is 6.08 Å². The van der Waals surface area contributed by atoms with Gasteiger partial charge < -0.3 is 4.57 Å². The Labute approximate surface area is 219 Å². The van der Waals surface area contributed by atoms with Crippen LogP contribution in [-0.4, -0.2) is 20.6 Å². The van der Waals surface area contributed by atoms with Crippen LogP contribution in [0.4, 0.5) is 9.18 Å². The molecule has 2 heterocycles. The van der Waals surface area contributed by atoms with Crippen LogP contribution in [0.25, 0.3) is 22.5 Å². The highest BCUT2D eigenvalue weighted by molar-refractivity contribution is 9.10. The van der Waals surface area contributed by atoms with Gasteiger partial charge in [-0.1, -0.05) is 57.9 Å². The predicted molar refractivity (Wildman–Crippen MR) is 143 cm³/mol. The summed E-state index contributed by atoms with van der Waals surface area (Å²) in [5.41, 5.74) is 3.93. The molecular formula is C27H19BrClFN2O2S. The average molecular weight is 570 g/mol. The van der Waals surface area contributed by atoms with Crippen molar-refractivity contribution >= 4 is 67.3 Å². The molecule has 0 aliphatic carbocycles. The van der Waals surface area contributed by atoms with E-state index in [4.69, 9.17) is 11.6 Å². The third-order valence-corrected chi connectivity index (χ3v) is 8.05. The van der Waals surface area contributed by atoms with Crippen molar-refractivity contribution in [2.75, 3.05) is 0 Å². The zero-order valence-corrected chi connectivity index (χ0v) is 22.0. The number of carbonyl (C=O) groups is 2. The van der Waals surface area contributed by atoms with E-state index in [1.165, 1.54) is 18.2 Å². The number of nitrogens with zero attached hydrogens (tertiary/aromatic N) is 2. The van der Waals surface area contributed by atoms with E-state index >= 15 is 0 Å². The number of amides is 2. The number of hydrogen-bond donors (Lipinski definition) is 0. The molecule has 0 spiro atoms. The maximum absolute atomic E-state index is 14.2. The number of imide groups is 1. The lowest BCUT2D eigenvalue weighted by Gasteiger charge is -2.14. The summed E-state index contributed by atoms with van der Waals surface area (Å²) >= 11 is 10.6. The Balaban J connectivity index is 1.51. The highest BCUT2D eigenvalue weighted by atomic mass is 79.9. The summed E-state index contributed by atoms with van der Waals surface area (Å²) in [6.07, 6.45) is 1.73. The first-order valence-electron chi connectivity index (χ1n) is 10.8.